The van der Waals surface area contributed by atoms with Gasteiger partial charge in [0.15, 0.2) is 0 Å². The van der Waals surface area contributed by atoms with E-state index in [0.717, 1.165) is 17.5 Å². The smallest absolute Gasteiger partial charge is 0.227 e. The molecule has 1 saturated heterocycles. The molecular formula is C19H21FN2O2. The Morgan fingerprint density at radius 1 is 1.17 bits per heavy atom. The predicted octanol–water partition coefficient (Wildman–Crippen LogP) is 2.36. The van der Waals surface area contributed by atoms with Crippen molar-refractivity contribution in [2.75, 3.05) is 6.54 Å². The van der Waals surface area contributed by atoms with Crippen LogP contribution in [0.25, 0.3) is 0 Å². The van der Waals surface area contributed by atoms with E-state index >= 15 is 0 Å². The molecule has 1 fully saturated rings. The number of likely N-dealkylation sites (tertiary alicyclic amines) is 1. The molecule has 2 atom stereocenters. The van der Waals surface area contributed by atoms with Gasteiger partial charge in [-0.1, -0.05) is 12.1 Å². The van der Waals surface area contributed by atoms with Crippen molar-refractivity contribution in [1.29, 1.82) is 0 Å². The molecule has 1 N–H and O–H groups in total. The molecule has 3 rings (SSSR count). The monoisotopic (exact) mass is 328 g/mol. The second kappa shape index (κ2) is 7.53. The molecule has 0 unspecified atom stereocenters. The lowest BCUT2D eigenvalue weighted by atomic mass is 9.92. The predicted molar refractivity (Wildman–Crippen MR) is 88.8 cm³/mol. The molecule has 0 saturated carbocycles. The number of carbonyl (C=O) groups excluding carboxylic acids is 1. The van der Waals surface area contributed by atoms with Crippen molar-refractivity contribution in [3.05, 3.63) is 65.7 Å². The fourth-order valence-corrected chi connectivity index (χ4v) is 3.23. The average Bonchev–Trinajstić information content (AvgIpc) is 2.59. The topological polar surface area (TPSA) is 53.4 Å². The molecule has 2 aromatic rings. The molecule has 1 aromatic heterocycles. The molecule has 0 radical (unpaired) electrons. The van der Waals surface area contributed by atoms with Crippen LogP contribution in [0.1, 0.15) is 24.0 Å². The zero-order chi connectivity index (χ0) is 16.9. The Labute approximate surface area is 141 Å². The number of amides is 1. The van der Waals surface area contributed by atoms with E-state index in [0.29, 0.717) is 25.8 Å². The van der Waals surface area contributed by atoms with Gasteiger partial charge in [0.2, 0.25) is 5.91 Å². The highest BCUT2D eigenvalue weighted by atomic mass is 19.1. The average molecular weight is 328 g/mol. The van der Waals surface area contributed by atoms with Crippen molar-refractivity contribution in [2.45, 2.75) is 37.8 Å². The van der Waals surface area contributed by atoms with Crippen LogP contribution in [0, 0.1) is 5.82 Å². The molecule has 1 amide bonds. The molecule has 0 bridgehead atoms. The third kappa shape index (κ3) is 3.97. The van der Waals surface area contributed by atoms with Gasteiger partial charge >= 0.3 is 0 Å². The van der Waals surface area contributed by atoms with Gasteiger partial charge in [-0.3, -0.25) is 9.78 Å². The summed E-state index contributed by atoms with van der Waals surface area (Å²) in [5.74, 6) is -0.277. The van der Waals surface area contributed by atoms with Crippen molar-refractivity contribution < 1.29 is 14.3 Å². The minimum atomic E-state index is -0.551. The summed E-state index contributed by atoms with van der Waals surface area (Å²) in [6, 6.07) is 9.63. The first kappa shape index (κ1) is 16.6. The van der Waals surface area contributed by atoms with Gasteiger partial charge in [-0.05, 0) is 54.7 Å². The summed E-state index contributed by atoms with van der Waals surface area (Å²) in [4.78, 5) is 18.4. The van der Waals surface area contributed by atoms with Crippen LogP contribution in [0.4, 0.5) is 4.39 Å². The number of hydrogen-bond donors (Lipinski definition) is 1. The van der Waals surface area contributed by atoms with Gasteiger partial charge in [0.25, 0.3) is 0 Å². The number of benzene rings is 1. The van der Waals surface area contributed by atoms with E-state index in [9.17, 15) is 14.3 Å². The largest absolute Gasteiger partial charge is 0.391 e. The van der Waals surface area contributed by atoms with Crippen LogP contribution >= 0.6 is 0 Å². The summed E-state index contributed by atoms with van der Waals surface area (Å²) in [5, 5.41) is 10.4. The molecular weight excluding hydrogens is 307 g/mol. The Morgan fingerprint density at radius 3 is 2.58 bits per heavy atom. The van der Waals surface area contributed by atoms with Crippen LogP contribution < -0.4 is 0 Å². The summed E-state index contributed by atoms with van der Waals surface area (Å²) in [6.45, 7) is 0.646. The molecule has 5 heteroatoms. The van der Waals surface area contributed by atoms with Crippen LogP contribution in [0.2, 0.25) is 0 Å². The zero-order valence-electron chi connectivity index (χ0n) is 13.4. The van der Waals surface area contributed by atoms with Gasteiger partial charge in [0, 0.05) is 18.9 Å². The zero-order valence-corrected chi connectivity index (χ0v) is 13.4. The van der Waals surface area contributed by atoms with Crippen LogP contribution in [-0.4, -0.2) is 39.6 Å². The fourth-order valence-electron chi connectivity index (χ4n) is 3.23. The van der Waals surface area contributed by atoms with Crippen molar-refractivity contribution >= 4 is 5.91 Å². The highest BCUT2D eigenvalue weighted by Gasteiger charge is 2.33. The normalized spacial score (nSPS) is 20.8. The number of nitrogens with zero attached hydrogens (tertiary/aromatic N) is 2. The van der Waals surface area contributed by atoms with E-state index in [1.165, 1.54) is 12.1 Å². The summed E-state index contributed by atoms with van der Waals surface area (Å²) in [7, 11) is 0. The highest BCUT2D eigenvalue weighted by molar-refractivity contribution is 5.79. The van der Waals surface area contributed by atoms with Crippen molar-refractivity contribution in [1.82, 2.24) is 9.88 Å². The lowest BCUT2D eigenvalue weighted by molar-refractivity contribution is -0.138. The Balaban J connectivity index is 1.73. The van der Waals surface area contributed by atoms with E-state index < -0.39 is 6.10 Å². The van der Waals surface area contributed by atoms with E-state index in [4.69, 9.17) is 0 Å². The molecule has 0 spiro atoms. The first-order chi connectivity index (χ1) is 11.6. The minimum Gasteiger partial charge on any atom is -0.391 e. The number of rotatable bonds is 4. The van der Waals surface area contributed by atoms with E-state index in [-0.39, 0.29) is 17.8 Å². The second-order valence-electron chi connectivity index (χ2n) is 6.23. The standard InChI is InChI=1S/C19H21FN2O2/c20-16-5-3-14(4-6-16)12-17-18(23)2-1-11-22(17)19(24)13-15-7-9-21-10-8-15/h3-10,17-18,23H,1-2,11-13H2/t17-,18-/m0/s1. The molecule has 0 aliphatic carbocycles. The summed E-state index contributed by atoms with van der Waals surface area (Å²) in [6.07, 6.45) is 5.10. The van der Waals surface area contributed by atoms with Crippen LogP contribution in [0.5, 0.6) is 0 Å². The third-order valence-electron chi connectivity index (χ3n) is 4.53. The van der Waals surface area contributed by atoms with Gasteiger partial charge in [-0.25, -0.2) is 4.39 Å². The van der Waals surface area contributed by atoms with Crippen molar-refractivity contribution in [3.63, 3.8) is 0 Å². The molecule has 24 heavy (non-hydrogen) atoms. The molecule has 1 aromatic carbocycles. The first-order valence-electron chi connectivity index (χ1n) is 8.24. The van der Waals surface area contributed by atoms with Crippen molar-refractivity contribution in [3.8, 4) is 0 Å². The number of hydrogen-bond acceptors (Lipinski definition) is 3. The quantitative estimate of drug-likeness (QED) is 0.937. The van der Waals surface area contributed by atoms with E-state index in [1.807, 2.05) is 12.1 Å². The maximum absolute atomic E-state index is 13.1. The number of piperidine rings is 1. The maximum atomic E-state index is 13.1. The lowest BCUT2D eigenvalue weighted by Crippen LogP contribution is -2.52. The number of aromatic nitrogens is 1. The number of aliphatic hydroxyl groups is 1. The second-order valence-corrected chi connectivity index (χ2v) is 6.23. The molecule has 4 nitrogen and oxygen atoms in total. The highest BCUT2D eigenvalue weighted by Crippen LogP contribution is 2.22. The van der Waals surface area contributed by atoms with Gasteiger partial charge in [-0.2, -0.15) is 0 Å². The first-order valence-corrected chi connectivity index (χ1v) is 8.24. The molecule has 2 heterocycles. The summed E-state index contributed by atoms with van der Waals surface area (Å²) in [5.41, 5.74) is 1.83. The number of pyridine rings is 1. The summed E-state index contributed by atoms with van der Waals surface area (Å²) >= 11 is 0. The fraction of sp³-hybridized carbons (Fsp3) is 0.368. The van der Waals surface area contributed by atoms with Crippen LogP contribution in [-0.2, 0) is 17.6 Å². The van der Waals surface area contributed by atoms with Gasteiger partial charge in [0.05, 0.1) is 18.6 Å². The van der Waals surface area contributed by atoms with Gasteiger partial charge in [0.1, 0.15) is 5.82 Å². The molecule has 126 valence electrons. The number of halogens is 1. The van der Waals surface area contributed by atoms with Crippen LogP contribution in [0.3, 0.4) is 0 Å². The maximum Gasteiger partial charge on any atom is 0.227 e. The Morgan fingerprint density at radius 2 is 1.88 bits per heavy atom. The van der Waals surface area contributed by atoms with Crippen LogP contribution in [0.15, 0.2) is 48.8 Å². The third-order valence-corrected chi connectivity index (χ3v) is 4.53. The molecule has 1 aliphatic heterocycles. The van der Waals surface area contributed by atoms with Crippen molar-refractivity contribution in [2.24, 2.45) is 0 Å². The van der Waals surface area contributed by atoms with E-state index in [1.54, 1.807) is 29.4 Å². The number of aliphatic hydroxyl groups excluding tert-OH is 1. The van der Waals surface area contributed by atoms with Gasteiger partial charge in [-0.15, -0.1) is 0 Å². The summed E-state index contributed by atoms with van der Waals surface area (Å²) < 4.78 is 13.1. The number of carbonyl (C=O) groups is 1. The minimum absolute atomic E-state index is 0.00654. The molecule has 1 aliphatic rings. The Kier molecular flexibility index (Phi) is 5.20. The lowest BCUT2D eigenvalue weighted by Gasteiger charge is -2.39. The Bertz CT molecular complexity index is 676. The van der Waals surface area contributed by atoms with E-state index in [2.05, 4.69) is 4.98 Å². The SMILES string of the molecule is O=C(Cc1ccncc1)N1CCC[C@H](O)[C@@H]1Cc1ccc(F)cc1. The Hall–Kier alpha value is -2.27. The van der Waals surface area contributed by atoms with Gasteiger partial charge < -0.3 is 10.0 Å².